The van der Waals surface area contributed by atoms with Crippen molar-refractivity contribution in [3.63, 3.8) is 0 Å². The van der Waals surface area contributed by atoms with Crippen molar-refractivity contribution in [3.8, 4) is 0 Å². The molecule has 0 aliphatic heterocycles. The van der Waals surface area contributed by atoms with Gasteiger partial charge in [0.1, 0.15) is 0 Å². The molecule has 0 saturated carbocycles. The van der Waals surface area contributed by atoms with E-state index in [0.717, 1.165) is 0 Å². The zero-order valence-corrected chi connectivity index (χ0v) is 9.13. The molecular formula is C9H18O4. The summed E-state index contributed by atoms with van der Waals surface area (Å²) >= 11 is 0. The first kappa shape index (κ1) is 14.8. The SMILES string of the molecule is CC(C)(C)OOC(C)(C)C.O=C=O. The van der Waals surface area contributed by atoms with Crippen molar-refractivity contribution in [3.05, 3.63) is 0 Å². The van der Waals surface area contributed by atoms with Crippen LogP contribution < -0.4 is 0 Å². The quantitative estimate of drug-likeness (QED) is 0.468. The Kier molecular flexibility index (Phi) is 6.68. The molecule has 0 atom stereocenters. The maximum absolute atomic E-state index is 8.12. The van der Waals surface area contributed by atoms with E-state index in [4.69, 9.17) is 19.4 Å². The fraction of sp³-hybridized carbons (Fsp3) is 0.889. The van der Waals surface area contributed by atoms with Gasteiger partial charge in [-0.05, 0) is 41.5 Å². The van der Waals surface area contributed by atoms with Crippen LogP contribution in [0.25, 0.3) is 0 Å². The van der Waals surface area contributed by atoms with Gasteiger partial charge >= 0.3 is 6.15 Å². The fourth-order valence-electron chi connectivity index (χ4n) is 0.250. The second-order valence-corrected chi connectivity index (χ2v) is 4.47. The van der Waals surface area contributed by atoms with Gasteiger partial charge in [0.25, 0.3) is 0 Å². The first-order valence-corrected chi connectivity index (χ1v) is 3.98. The molecule has 0 rings (SSSR count). The second-order valence-electron chi connectivity index (χ2n) is 4.47. The van der Waals surface area contributed by atoms with Gasteiger partial charge in [0.15, 0.2) is 0 Å². The molecule has 4 nitrogen and oxygen atoms in total. The van der Waals surface area contributed by atoms with Gasteiger partial charge in [-0.3, -0.25) is 0 Å². The van der Waals surface area contributed by atoms with Crippen molar-refractivity contribution in [2.24, 2.45) is 0 Å². The lowest BCUT2D eigenvalue weighted by Gasteiger charge is -2.24. The highest BCUT2D eigenvalue weighted by atomic mass is 17.2. The van der Waals surface area contributed by atoms with Gasteiger partial charge in [0.2, 0.25) is 0 Å². The van der Waals surface area contributed by atoms with Gasteiger partial charge in [0, 0.05) is 0 Å². The zero-order valence-electron chi connectivity index (χ0n) is 9.13. The number of carbonyl (C=O) groups excluding carboxylic acids is 2. The van der Waals surface area contributed by atoms with Crippen LogP contribution in [0.4, 0.5) is 0 Å². The highest BCUT2D eigenvalue weighted by molar-refractivity contribution is 5.20. The van der Waals surface area contributed by atoms with Crippen LogP contribution >= 0.6 is 0 Å². The van der Waals surface area contributed by atoms with E-state index in [1.165, 1.54) is 0 Å². The Bertz CT molecular complexity index is 141. The summed E-state index contributed by atoms with van der Waals surface area (Å²) < 4.78 is 0. The molecule has 0 fully saturated rings. The van der Waals surface area contributed by atoms with E-state index in [1.807, 2.05) is 41.5 Å². The van der Waals surface area contributed by atoms with Gasteiger partial charge in [-0.15, -0.1) is 0 Å². The Labute approximate surface area is 79.1 Å². The van der Waals surface area contributed by atoms with Gasteiger partial charge in [-0.2, -0.15) is 9.59 Å². The molecule has 0 aliphatic carbocycles. The summed E-state index contributed by atoms with van der Waals surface area (Å²) in [5.41, 5.74) is -0.430. The van der Waals surface area contributed by atoms with Gasteiger partial charge in [0.05, 0.1) is 11.2 Å². The lowest BCUT2D eigenvalue weighted by Crippen LogP contribution is -2.27. The van der Waals surface area contributed by atoms with Crippen molar-refractivity contribution in [1.82, 2.24) is 0 Å². The van der Waals surface area contributed by atoms with E-state index in [2.05, 4.69) is 0 Å². The molecule has 0 heterocycles. The number of rotatable bonds is 1. The lowest BCUT2D eigenvalue weighted by atomic mass is 10.2. The summed E-state index contributed by atoms with van der Waals surface area (Å²) in [7, 11) is 0. The van der Waals surface area contributed by atoms with Gasteiger partial charge in [-0.1, -0.05) is 0 Å². The van der Waals surface area contributed by atoms with Crippen LogP contribution in [0.1, 0.15) is 41.5 Å². The van der Waals surface area contributed by atoms with Crippen molar-refractivity contribution in [1.29, 1.82) is 0 Å². The zero-order chi connectivity index (χ0) is 11.1. The maximum atomic E-state index is 8.12. The fourth-order valence-corrected chi connectivity index (χ4v) is 0.250. The molecule has 0 aromatic carbocycles. The standard InChI is InChI=1S/C8H18O2.CO2/c1-7(2,3)9-10-8(4,5)6;2-1-3/h1-6H3;. The molecule has 0 spiro atoms. The first-order chi connectivity index (χ1) is 5.62. The largest absolute Gasteiger partial charge is 0.373 e. The molecule has 4 heteroatoms. The van der Waals surface area contributed by atoms with Crippen LogP contribution in [0.5, 0.6) is 0 Å². The molecule has 0 aromatic heterocycles. The molecule has 0 saturated heterocycles. The van der Waals surface area contributed by atoms with Gasteiger partial charge < -0.3 is 0 Å². The molecular weight excluding hydrogens is 172 g/mol. The van der Waals surface area contributed by atoms with E-state index in [9.17, 15) is 0 Å². The molecule has 13 heavy (non-hydrogen) atoms. The second kappa shape index (κ2) is 5.86. The molecule has 0 unspecified atom stereocenters. The van der Waals surface area contributed by atoms with E-state index in [0.29, 0.717) is 0 Å². The minimum absolute atomic E-state index is 0.215. The van der Waals surface area contributed by atoms with Crippen molar-refractivity contribution < 1.29 is 19.4 Å². The third-order valence-electron chi connectivity index (χ3n) is 0.542. The Morgan fingerprint density at radius 2 is 0.923 bits per heavy atom. The van der Waals surface area contributed by atoms with Crippen LogP contribution in [-0.4, -0.2) is 17.4 Å². The highest BCUT2D eigenvalue weighted by Crippen LogP contribution is 2.14. The van der Waals surface area contributed by atoms with E-state index in [1.54, 1.807) is 0 Å². The van der Waals surface area contributed by atoms with Gasteiger partial charge in [-0.25, -0.2) is 9.78 Å². The maximum Gasteiger partial charge on any atom is 0.373 e. The van der Waals surface area contributed by atoms with Crippen LogP contribution in [-0.2, 0) is 19.4 Å². The van der Waals surface area contributed by atoms with E-state index in [-0.39, 0.29) is 17.4 Å². The smallest absolute Gasteiger partial charge is 0.230 e. The van der Waals surface area contributed by atoms with Crippen LogP contribution in [0.3, 0.4) is 0 Å². The molecule has 0 amide bonds. The molecule has 0 N–H and O–H groups in total. The lowest BCUT2D eigenvalue weighted by molar-refractivity contribution is -0.393. The molecule has 78 valence electrons. The van der Waals surface area contributed by atoms with Crippen molar-refractivity contribution in [2.45, 2.75) is 52.7 Å². The van der Waals surface area contributed by atoms with Crippen LogP contribution in [0.2, 0.25) is 0 Å². The van der Waals surface area contributed by atoms with Crippen molar-refractivity contribution in [2.75, 3.05) is 0 Å². The summed E-state index contributed by atoms with van der Waals surface area (Å²) in [5, 5.41) is 0. The first-order valence-electron chi connectivity index (χ1n) is 3.98. The third-order valence-corrected chi connectivity index (χ3v) is 0.542. The molecule has 0 aromatic rings. The van der Waals surface area contributed by atoms with Crippen LogP contribution in [0, 0.1) is 0 Å². The number of hydrogen-bond acceptors (Lipinski definition) is 4. The Balaban J connectivity index is 0. The minimum Gasteiger partial charge on any atom is -0.230 e. The number of hydrogen-bond donors (Lipinski definition) is 0. The third kappa shape index (κ3) is 24.6. The minimum atomic E-state index is -0.215. The Morgan fingerprint density at radius 1 is 0.769 bits per heavy atom. The molecule has 0 bridgehead atoms. The Hall–Kier alpha value is -0.700. The molecule has 0 aliphatic rings. The summed E-state index contributed by atoms with van der Waals surface area (Å²) in [6, 6.07) is 0. The van der Waals surface area contributed by atoms with E-state index < -0.39 is 0 Å². The average Bonchev–Trinajstić information content (AvgIpc) is 1.82. The molecule has 0 radical (unpaired) electrons. The summed E-state index contributed by atoms with van der Waals surface area (Å²) in [5.74, 6) is 0. The predicted molar refractivity (Wildman–Crippen MR) is 46.7 cm³/mol. The normalized spacial score (nSPS) is 11.2. The van der Waals surface area contributed by atoms with Crippen LogP contribution in [0.15, 0.2) is 0 Å². The topological polar surface area (TPSA) is 52.6 Å². The highest BCUT2D eigenvalue weighted by Gasteiger charge is 2.18. The monoisotopic (exact) mass is 190 g/mol. The van der Waals surface area contributed by atoms with Crippen molar-refractivity contribution >= 4 is 6.15 Å². The predicted octanol–water partition coefficient (Wildman–Crippen LogP) is 1.95. The van der Waals surface area contributed by atoms with E-state index >= 15 is 0 Å². The Morgan fingerprint density at radius 3 is 1.00 bits per heavy atom. The summed E-state index contributed by atoms with van der Waals surface area (Å²) in [6.07, 6.45) is 0.250. The summed E-state index contributed by atoms with van der Waals surface area (Å²) in [6.45, 7) is 11.7. The summed E-state index contributed by atoms with van der Waals surface area (Å²) in [4.78, 5) is 26.4. The average molecular weight is 190 g/mol.